The molecule has 0 bridgehead atoms. The van der Waals surface area contributed by atoms with Crippen LogP contribution in [0.3, 0.4) is 0 Å². The molecule has 4 rings (SSSR count). The smallest absolute Gasteiger partial charge is 0.0931 e. The van der Waals surface area contributed by atoms with Gasteiger partial charge in [-0.1, -0.05) is 6.07 Å². The van der Waals surface area contributed by atoms with Crippen molar-refractivity contribution in [2.24, 2.45) is 0 Å². The fraction of sp³-hybridized carbons (Fsp3) is 0.500. The summed E-state index contributed by atoms with van der Waals surface area (Å²) in [4.78, 5) is 7.48. The lowest BCUT2D eigenvalue weighted by molar-refractivity contribution is -0.0760. The second-order valence-electron chi connectivity index (χ2n) is 5.43. The molecule has 1 unspecified atom stereocenters. The topological polar surface area (TPSA) is 49.9 Å². The van der Waals surface area contributed by atoms with Crippen LogP contribution in [-0.2, 0) is 10.2 Å². The molecular formula is C14H17N3O. The van der Waals surface area contributed by atoms with Gasteiger partial charge in [0.15, 0.2) is 0 Å². The van der Waals surface area contributed by atoms with Crippen molar-refractivity contribution in [1.29, 1.82) is 0 Å². The highest BCUT2D eigenvalue weighted by Crippen LogP contribution is 2.39. The summed E-state index contributed by atoms with van der Waals surface area (Å²) in [5, 5.41) is 3.63. The second-order valence-corrected chi connectivity index (χ2v) is 5.43. The highest BCUT2D eigenvalue weighted by Gasteiger charge is 2.47. The molecule has 18 heavy (non-hydrogen) atoms. The number of H-pyrrole nitrogens is 1. The zero-order valence-electron chi connectivity index (χ0n) is 10.3. The quantitative estimate of drug-likeness (QED) is 0.842. The summed E-state index contributed by atoms with van der Waals surface area (Å²) in [5.41, 5.74) is 3.71. The zero-order valence-corrected chi connectivity index (χ0v) is 10.3. The Kier molecular flexibility index (Phi) is 2.22. The number of fused-ring (bicyclic) bond motifs is 1. The van der Waals surface area contributed by atoms with Crippen molar-refractivity contribution < 1.29 is 4.74 Å². The Morgan fingerprint density at radius 3 is 3.00 bits per heavy atom. The van der Waals surface area contributed by atoms with E-state index in [1.807, 2.05) is 0 Å². The summed E-state index contributed by atoms with van der Waals surface area (Å²) in [6.45, 7) is 2.81. The maximum atomic E-state index is 5.53. The van der Waals surface area contributed by atoms with Gasteiger partial charge in [0, 0.05) is 6.04 Å². The van der Waals surface area contributed by atoms with Crippen molar-refractivity contribution in [3.05, 3.63) is 30.1 Å². The second kappa shape index (κ2) is 3.80. The number of aromatic amines is 1. The number of nitrogens with zero attached hydrogens (tertiary/aromatic N) is 1. The van der Waals surface area contributed by atoms with Crippen LogP contribution >= 0.6 is 0 Å². The summed E-state index contributed by atoms with van der Waals surface area (Å²) in [7, 11) is 0. The van der Waals surface area contributed by atoms with Crippen LogP contribution in [0.25, 0.3) is 11.0 Å². The van der Waals surface area contributed by atoms with Crippen LogP contribution in [0.2, 0.25) is 0 Å². The molecule has 2 aliphatic rings. The molecule has 0 spiro atoms. The number of benzene rings is 1. The van der Waals surface area contributed by atoms with Gasteiger partial charge in [-0.2, -0.15) is 0 Å². The van der Waals surface area contributed by atoms with Crippen molar-refractivity contribution in [2.45, 2.75) is 24.3 Å². The van der Waals surface area contributed by atoms with E-state index >= 15 is 0 Å². The van der Waals surface area contributed by atoms with E-state index in [0.29, 0.717) is 6.04 Å². The van der Waals surface area contributed by atoms with E-state index in [1.165, 1.54) is 18.4 Å². The average molecular weight is 243 g/mol. The van der Waals surface area contributed by atoms with Crippen molar-refractivity contribution in [3.63, 3.8) is 0 Å². The lowest BCUT2D eigenvalue weighted by atomic mass is 9.72. The number of ether oxygens (including phenoxy) is 1. The maximum Gasteiger partial charge on any atom is 0.0931 e. The van der Waals surface area contributed by atoms with Crippen LogP contribution < -0.4 is 5.32 Å². The summed E-state index contributed by atoms with van der Waals surface area (Å²) in [6, 6.07) is 7.12. The van der Waals surface area contributed by atoms with Gasteiger partial charge in [-0.15, -0.1) is 0 Å². The largest absolute Gasteiger partial charge is 0.379 e. The van der Waals surface area contributed by atoms with E-state index in [-0.39, 0.29) is 5.41 Å². The third kappa shape index (κ3) is 1.36. The first-order valence-corrected chi connectivity index (χ1v) is 6.63. The van der Waals surface area contributed by atoms with E-state index < -0.39 is 0 Å². The van der Waals surface area contributed by atoms with E-state index in [2.05, 4.69) is 33.5 Å². The van der Waals surface area contributed by atoms with Gasteiger partial charge in [-0.05, 0) is 37.1 Å². The normalized spacial score (nSPS) is 26.3. The lowest BCUT2D eigenvalue weighted by Gasteiger charge is -2.46. The number of hydrogen-bond acceptors (Lipinski definition) is 3. The summed E-state index contributed by atoms with van der Waals surface area (Å²) >= 11 is 0. The van der Waals surface area contributed by atoms with Crippen LogP contribution in [-0.4, -0.2) is 35.8 Å². The minimum atomic E-state index is 0.176. The molecule has 1 aromatic heterocycles. The zero-order chi connectivity index (χ0) is 12.0. The monoisotopic (exact) mass is 243 g/mol. The number of hydrogen-bond donors (Lipinski definition) is 2. The molecule has 94 valence electrons. The van der Waals surface area contributed by atoms with Crippen molar-refractivity contribution in [1.82, 2.24) is 15.3 Å². The number of rotatable bonds is 2. The van der Waals surface area contributed by atoms with E-state index in [4.69, 9.17) is 4.74 Å². The average Bonchev–Trinajstić information content (AvgIpc) is 2.96. The Bertz CT molecular complexity index is 567. The minimum absolute atomic E-state index is 0.176. The summed E-state index contributed by atoms with van der Waals surface area (Å²) in [5.74, 6) is 0. The Morgan fingerprint density at radius 1 is 1.33 bits per heavy atom. The Labute approximate surface area is 106 Å². The standard InChI is InChI=1S/C14H17N3O/c1-2-13(15-5-1)14(7-18-8-14)10-3-4-11-12(6-10)17-9-16-11/h3-4,6,9,13,15H,1-2,5,7-8H2,(H,16,17). The molecular weight excluding hydrogens is 226 g/mol. The van der Waals surface area contributed by atoms with Gasteiger partial charge in [0.05, 0.1) is 36.0 Å². The molecule has 2 aromatic rings. The summed E-state index contributed by atoms with van der Waals surface area (Å²) in [6.07, 6.45) is 4.29. The van der Waals surface area contributed by atoms with Crippen molar-refractivity contribution in [2.75, 3.05) is 19.8 Å². The Hall–Kier alpha value is -1.39. The predicted molar refractivity (Wildman–Crippen MR) is 69.6 cm³/mol. The molecule has 0 aliphatic carbocycles. The molecule has 0 radical (unpaired) electrons. The highest BCUT2D eigenvalue weighted by molar-refractivity contribution is 5.75. The molecule has 0 saturated carbocycles. The molecule has 2 N–H and O–H groups in total. The molecule has 1 atom stereocenters. The van der Waals surface area contributed by atoms with Gasteiger partial charge in [0.2, 0.25) is 0 Å². The van der Waals surface area contributed by atoms with Crippen LogP contribution in [0.15, 0.2) is 24.5 Å². The van der Waals surface area contributed by atoms with Crippen molar-refractivity contribution >= 4 is 11.0 Å². The fourth-order valence-electron chi connectivity index (χ4n) is 3.29. The first kappa shape index (κ1) is 10.5. The maximum absolute atomic E-state index is 5.53. The van der Waals surface area contributed by atoms with Gasteiger partial charge in [-0.25, -0.2) is 4.98 Å². The first-order valence-electron chi connectivity index (χ1n) is 6.63. The van der Waals surface area contributed by atoms with E-state index in [9.17, 15) is 0 Å². The number of imidazole rings is 1. The SMILES string of the molecule is c1nc2ccc(C3(C4CCCN4)COC3)cc2[nH]1. The Morgan fingerprint density at radius 2 is 2.28 bits per heavy atom. The molecule has 2 fully saturated rings. The molecule has 0 amide bonds. The van der Waals surface area contributed by atoms with Crippen LogP contribution in [0.4, 0.5) is 0 Å². The van der Waals surface area contributed by atoms with E-state index in [1.54, 1.807) is 6.33 Å². The van der Waals surface area contributed by atoms with Gasteiger partial charge in [0.1, 0.15) is 0 Å². The molecule has 3 heterocycles. The van der Waals surface area contributed by atoms with E-state index in [0.717, 1.165) is 30.8 Å². The molecule has 2 saturated heterocycles. The fourth-order valence-corrected chi connectivity index (χ4v) is 3.29. The van der Waals surface area contributed by atoms with Gasteiger partial charge in [-0.3, -0.25) is 0 Å². The minimum Gasteiger partial charge on any atom is -0.379 e. The first-order chi connectivity index (χ1) is 8.88. The highest BCUT2D eigenvalue weighted by atomic mass is 16.5. The lowest BCUT2D eigenvalue weighted by Crippen LogP contribution is -2.58. The predicted octanol–water partition coefficient (Wildman–Crippen LogP) is 1.58. The van der Waals surface area contributed by atoms with Gasteiger partial charge >= 0.3 is 0 Å². The van der Waals surface area contributed by atoms with Gasteiger partial charge < -0.3 is 15.0 Å². The summed E-state index contributed by atoms with van der Waals surface area (Å²) < 4.78 is 5.53. The number of aromatic nitrogens is 2. The third-order valence-electron chi connectivity index (χ3n) is 4.44. The van der Waals surface area contributed by atoms with Crippen LogP contribution in [0.5, 0.6) is 0 Å². The van der Waals surface area contributed by atoms with Crippen molar-refractivity contribution in [3.8, 4) is 0 Å². The molecule has 2 aliphatic heterocycles. The van der Waals surface area contributed by atoms with Crippen LogP contribution in [0, 0.1) is 0 Å². The molecule has 4 heteroatoms. The third-order valence-corrected chi connectivity index (χ3v) is 4.44. The molecule has 1 aromatic carbocycles. The molecule has 4 nitrogen and oxygen atoms in total. The van der Waals surface area contributed by atoms with Crippen LogP contribution in [0.1, 0.15) is 18.4 Å². The Balaban J connectivity index is 1.78. The van der Waals surface area contributed by atoms with Gasteiger partial charge in [0.25, 0.3) is 0 Å². The number of nitrogens with one attached hydrogen (secondary N) is 2.